The van der Waals surface area contributed by atoms with E-state index in [-0.39, 0.29) is 11.2 Å². The molecule has 1 aromatic carbocycles. The van der Waals surface area contributed by atoms with Gasteiger partial charge in [0, 0.05) is 17.7 Å². The summed E-state index contributed by atoms with van der Waals surface area (Å²) in [5.74, 6) is 0.316. The fourth-order valence-corrected chi connectivity index (χ4v) is 1.44. The Morgan fingerprint density at radius 3 is 2.71 bits per heavy atom. The van der Waals surface area contributed by atoms with Gasteiger partial charge in [-0.2, -0.15) is 12.6 Å². The van der Waals surface area contributed by atoms with Crippen LogP contribution in [0.15, 0.2) is 24.3 Å². The summed E-state index contributed by atoms with van der Waals surface area (Å²) in [7, 11) is 0. The summed E-state index contributed by atoms with van der Waals surface area (Å²) in [6.45, 7) is 3.44. The largest absolute Gasteiger partial charge is 0.426 e. The van der Waals surface area contributed by atoms with E-state index in [2.05, 4.69) is 12.6 Å². The van der Waals surface area contributed by atoms with Gasteiger partial charge < -0.3 is 4.74 Å². The van der Waals surface area contributed by atoms with Crippen LogP contribution in [0, 0.1) is 0 Å². The van der Waals surface area contributed by atoms with Gasteiger partial charge in [0.15, 0.2) is 0 Å². The molecule has 3 heteroatoms. The predicted octanol–water partition coefficient (Wildman–Crippen LogP) is 2.99. The highest BCUT2D eigenvalue weighted by atomic mass is 32.1. The molecule has 0 aliphatic rings. The van der Waals surface area contributed by atoms with Crippen LogP contribution in [0.3, 0.4) is 0 Å². The molecule has 0 radical (unpaired) electrons. The van der Waals surface area contributed by atoms with Crippen molar-refractivity contribution in [1.82, 2.24) is 0 Å². The fourth-order valence-electron chi connectivity index (χ4n) is 1.22. The third-order valence-corrected chi connectivity index (χ3v) is 2.56. The van der Waals surface area contributed by atoms with Gasteiger partial charge in [-0.15, -0.1) is 0 Å². The smallest absolute Gasteiger partial charge is 0.308 e. The zero-order chi connectivity index (χ0) is 10.6. The van der Waals surface area contributed by atoms with Gasteiger partial charge in [-0.1, -0.05) is 25.1 Å². The molecular formula is C11H14O2S. The quantitative estimate of drug-likeness (QED) is 0.471. The molecule has 0 amide bonds. The van der Waals surface area contributed by atoms with Crippen molar-refractivity contribution in [3.8, 4) is 5.75 Å². The van der Waals surface area contributed by atoms with E-state index < -0.39 is 0 Å². The standard InChI is InChI=1S/C11H14O2S/c1-3-11(14)9-6-4-5-7-10(9)13-8(2)12/h4-7,11,14H,3H2,1-2H3. The monoisotopic (exact) mass is 210 g/mol. The van der Waals surface area contributed by atoms with Gasteiger partial charge in [-0.25, -0.2) is 0 Å². The maximum atomic E-state index is 10.8. The number of carbonyl (C=O) groups excluding carboxylic acids is 1. The molecule has 1 rings (SSSR count). The van der Waals surface area contributed by atoms with Crippen molar-refractivity contribution in [2.45, 2.75) is 25.5 Å². The van der Waals surface area contributed by atoms with Crippen molar-refractivity contribution in [3.05, 3.63) is 29.8 Å². The molecule has 0 saturated heterocycles. The molecule has 0 saturated carbocycles. The molecule has 0 N–H and O–H groups in total. The fraction of sp³-hybridized carbons (Fsp3) is 0.364. The minimum atomic E-state index is -0.297. The van der Waals surface area contributed by atoms with Crippen LogP contribution in [0.5, 0.6) is 5.75 Å². The van der Waals surface area contributed by atoms with Crippen LogP contribution < -0.4 is 4.74 Å². The third-order valence-electron chi connectivity index (χ3n) is 1.92. The van der Waals surface area contributed by atoms with E-state index in [1.807, 2.05) is 25.1 Å². The molecule has 0 aliphatic heterocycles. The van der Waals surface area contributed by atoms with Crippen molar-refractivity contribution in [3.63, 3.8) is 0 Å². The highest BCUT2D eigenvalue weighted by Crippen LogP contribution is 2.31. The van der Waals surface area contributed by atoms with Gasteiger partial charge in [-0.05, 0) is 12.5 Å². The first-order valence-corrected chi connectivity index (χ1v) is 5.12. The van der Waals surface area contributed by atoms with Crippen LogP contribution in [0.4, 0.5) is 0 Å². The number of para-hydroxylation sites is 1. The van der Waals surface area contributed by atoms with E-state index >= 15 is 0 Å². The second-order valence-corrected chi connectivity index (χ2v) is 3.68. The zero-order valence-electron chi connectivity index (χ0n) is 8.36. The molecule has 14 heavy (non-hydrogen) atoms. The Hall–Kier alpha value is -0.960. The normalized spacial score (nSPS) is 12.2. The van der Waals surface area contributed by atoms with Crippen LogP contribution >= 0.6 is 12.6 Å². The number of carbonyl (C=O) groups is 1. The first kappa shape index (κ1) is 11.1. The summed E-state index contributed by atoms with van der Waals surface area (Å²) in [5, 5.41) is 0.116. The highest BCUT2D eigenvalue weighted by Gasteiger charge is 2.11. The van der Waals surface area contributed by atoms with Gasteiger partial charge in [0.25, 0.3) is 0 Å². The van der Waals surface area contributed by atoms with Crippen LogP contribution in [0.2, 0.25) is 0 Å². The summed E-state index contributed by atoms with van der Waals surface area (Å²) >= 11 is 4.42. The minimum Gasteiger partial charge on any atom is -0.426 e. The predicted molar refractivity (Wildman–Crippen MR) is 59.8 cm³/mol. The lowest BCUT2D eigenvalue weighted by atomic mass is 10.1. The Labute approximate surface area is 89.7 Å². The Morgan fingerprint density at radius 2 is 2.14 bits per heavy atom. The van der Waals surface area contributed by atoms with Gasteiger partial charge in [0.05, 0.1) is 0 Å². The highest BCUT2D eigenvalue weighted by molar-refractivity contribution is 7.80. The molecule has 0 aliphatic carbocycles. The maximum absolute atomic E-state index is 10.8. The van der Waals surface area contributed by atoms with Crippen molar-refractivity contribution in [2.24, 2.45) is 0 Å². The number of hydrogen-bond acceptors (Lipinski definition) is 3. The van der Waals surface area contributed by atoms with Gasteiger partial charge in [0.2, 0.25) is 0 Å². The number of esters is 1. The van der Waals surface area contributed by atoms with E-state index in [1.165, 1.54) is 6.92 Å². The molecule has 1 atom stereocenters. The lowest BCUT2D eigenvalue weighted by molar-refractivity contribution is -0.131. The summed E-state index contributed by atoms with van der Waals surface area (Å²) < 4.78 is 5.08. The average molecular weight is 210 g/mol. The first-order valence-electron chi connectivity index (χ1n) is 4.60. The number of ether oxygens (including phenoxy) is 1. The van der Waals surface area contributed by atoms with Crippen LogP contribution in [-0.4, -0.2) is 5.97 Å². The molecule has 76 valence electrons. The van der Waals surface area contributed by atoms with Crippen molar-refractivity contribution >= 4 is 18.6 Å². The maximum Gasteiger partial charge on any atom is 0.308 e. The summed E-state index contributed by atoms with van der Waals surface area (Å²) in [5.41, 5.74) is 0.966. The zero-order valence-corrected chi connectivity index (χ0v) is 9.25. The van der Waals surface area contributed by atoms with Gasteiger partial charge >= 0.3 is 5.97 Å². The van der Waals surface area contributed by atoms with Gasteiger partial charge in [0.1, 0.15) is 5.75 Å². The summed E-state index contributed by atoms with van der Waals surface area (Å²) in [6, 6.07) is 7.48. The molecule has 0 heterocycles. The van der Waals surface area contributed by atoms with Crippen molar-refractivity contribution < 1.29 is 9.53 Å². The van der Waals surface area contributed by atoms with Crippen LogP contribution in [-0.2, 0) is 4.79 Å². The lowest BCUT2D eigenvalue weighted by Gasteiger charge is -2.12. The molecule has 0 fully saturated rings. The number of hydrogen-bond donors (Lipinski definition) is 1. The summed E-state index contributed by atoms with van der Waals surface area (Å²) in [4.78, 5) is 10.8. The Balaban J connectivity index is 2.96. The molecule has 0 bridgehead atoms. The van der Waals surface area contributed by atoms with Crippen LogP contribution in [0.1, 0.15) is 31.1 Å². The molecule has 0 aromatic heterocycles. The van der Waals surface area contributed by atoms with Crippen LogP contribution in [0.25, 0.3) is 0 Å². The number of benzene rings is 1. The Bertz CT molecular complexity index is 323. The second kappa shape index (κ2) is 5.05. The molecular weight excluding hydrogens is 196 g/mol. The Kier molecular flexibility index (Phi) is 4.01. The molecule has 1 unspecified atom stereocenters. The second-order valence-electron chi connectivity index (χ2n) is 3.06. The van der Waals surface area contributed by atoms with E-state index in [0.717, 1.165) is 12.0 Å². The first-order chi connectivity index (χ1) is 6.65. The molecule has 2 nitrogen and oxygen atoms in total. The third kappa shape index (κ3) is 2.77. The molecule has 0 spiro atoms. The lowest BCUT2D eigenvalue weighted by Crippen LogP contribution is -2.04. The van der Waals surface area contributed by atoms with E-state index in [9.17, 15) is 4.79 Å². The summed E-state index contributed by atoms with van der Waals surface area (Å²) in [6.07, 6.45) is 0.904. The average Bonchev–Trinajstić information content (AvgIpc) is 2.16. The SMILES string of the molecule is CCC(S)c1ccccc1OC(C)=O. The number of rotatable bonds is 3. The number of thiol groups is 1. The van der Waals surface area contributed by atoms with Crippen molar-refractivity contribution in [2.75, 3.05) is 0 Å². The van der Waals surface area contributed by atoms with E-state index in [0.29, 0.717) is 5.75 Å². The van der Waals surface area contributed by atoms with E-state index in [1.54, 1.807) is 6.07 Å². The van der Waals surface area contributed by atoms with E-state index in [4.69, 9.17) is 4.74 Å². The Morgan fingerprint density at radius 1 is 1.50 bits per heavy atom. The van der Waals surface area contributed by atoms with Crippen molar-refractivity contribution in [1.29, 1.82) is 0 Å². The minimum absolute atomic E-state index is 0.116. The topological polar surface area (TPSA) is 26.3 Å². The van der Waals surface area contributed by atoms with Gasteiger partial charge in [-0.3, -0.25) is 4.79 Å². The molecule has 1 aromatic rings.